The van der Waals surface area contributed by atoms with Crippen molar-refractivity contribution in [3.63, 3.8) is 0 Å². The molecule has 92 valence electrons. The van der Waals surface area contributed by atoms with Gasteiger partial charge in [0.25, 0.3) is 5.91 Å². The summed E-state index contributed by atoms with van der Waals surface area (Å²) in [5, 5.41) is 2.94. The van der Waals surface area contributed by atoms with E-state index < -0.39 is 0 Å². The van der Waals surface area contributed by atoms with Crippen LogP contribution in [0.2, 0.25) is 0 Å². The van der Waals surface area contributed by atoms with Crippen molar-refractivity contribution in [1.29, 1.82) is 0 Å². The molecule has 2 unspecified atom stereocenters. The van der Waals surface area contributed by atoms with E-state index >= 15 is 0 Å². The minimum atomic E-state index is -0.104. The van der Waals surface area contributed by atoms with E-state index in [2.05, 4.69) is 26.2 Å². The standard InChI is InChI=1S/C12H15BrN2O2/c1-8(10-3-2-6-17-10)15-12(16)9-4-5-11(13)14-7-9/h4-5,7-8,10H,2-3,6H2,1H3,(H,15,16). The predicted octanol–water partition coefficient (Wildman–Crippen LogP) is 2.14. The maximum Gasteiger partial charge on any atom is 0.253 e. The minimum absolute atomic E-state index is 0.0358. The number of carbonyl (C=O) groups excluding carboxylic acids is 1. The van der Waals surface area contributed by atoms with E-state index in [1.54, 1.807) is 18.3 Å². The van der Waals surface area contributed by atoms with Crippen molar-refractivity contribution in [3.05, 3.63) is 28.5 Å². The second-order valence-electron chi connectivity index (χ2n) is 4.18. The SMILES string of the molecule is CC(NC(=O)c1ccc(Br)nc1)C1CCCO1. The van der Waals surface area contributed by atoms with Crippen LogP contribution in [0.5, 0.6) is 0 Å². The molecule has 0 aromatic carbocycles. The zero-order valence-corrected chi connectivity index (χ0v) is 11.2. The lowest BCUT2D eigenvalue weighted by molar-refractivity contribution is 0.0712. The first kappa shape index (κ1) is 12.5. The molecule has 0 spiro atoms. The van der Waals surface area contributed by atoms with E-state index in [0.717, 1.165) is 24.1 Å². The summed E-state index contributed by atoms with van der Waals surface area (Å²) in [6.07, 6.45) is 3.79. The molecule has 5 heteroatoms. The van der Waals surface area contributed by atoms with E-state index in [1.165, 1.54) is 0 Å². The summed E-state index contributed by atoms with van der Waals surface area (Å²) in [6.45, 7) is 2.77. The van der Waals surface area contributed by atoms with E-state index in [0.29, 0.717) is 5.56 Å². The fourth-order valence-electron chi connectivity index (χ4n) is 1.89. The first-order chi connectivity index (χ1) is 8.16. The number of aromatic nitrogens is 1. The van der Waals surface area contributed by atoms with Gasteiger partial charge in [0, 0.05) is 12.8 Å². The van der Waals surface area contributed by atoms with Gasteiger partial charge in [0.15, 0.2) is 0 Å². The van der Waals surface area contributed by atoms with Gasteiger partial charge in [-0.2, -0.15) is 0 Å². The lowest BCUT2D eigenvalue weighted by atomic mass is 10.1. The highest BCUT2D eigenvalue weighted by atomic mass is 79.9. The summed E-state index contributed by atoms with van der Waals surface area (Å²) in [6, 6.07) is 3.54. The van der Waals surface area contributed by atoms with Gasteiger partial charge < -0.3 is 10.1 Å². The van der Waals surface area contributed by atoms with Crippen molar-refractivity contribution in [3.8, 4) is 0 Å². The van der Waals surface area contributed by atoms with Crippen molar-refractivity contribution >= 4 is 21.8 Å². The maximum atomic E-state index is 11.9. The van der Waals surface area contributed by atoms with Crippen LogP contribution in [0.25, 0.3) is 0 Å². The third-order valence-electron chi connectivity index (χ3n) is 2.87. The molecule has 1 aromatic heterocycles. The van der Waals surface area contributed by atoms with Crippen LogP contribution in [0.3, 0.4) is 0 Å². The number of hydrogen-bond acceptors (Lipinski definition) is 3. The number of halogens is 1. The molecule has 0 radical (unpaired) electrons. The summed E-state index contributed by atoms with van der Waals surface area (Å²) in [7, 11) is 0. The van der Waals surface area contributed by atoms with Crippen molar-refractivity contribution < 1.29 is 9.53 Å². The van der Waals surface area contributed by atoms with Crippen LogP contribution in [0.15, 0.2) is 22.9 Å². The molecule has 1 aromatic rings. The first-order valence-electron chi connectivity index (χ1n) is 5.71. The Bertz CT molecular complexity index is 388. The molecule has 0 bridgehead atoms. The third kappa shape index (κ3) is 3.26. The van der Waals surface area contributed by atoms with Gasteiger partial charge in [-0.3, -0.25) is 4.79 Å². The fraction of sp³-hybridized carbons (Fsp3) is 0.500. The number of ether oxygens (including phenoxy) is 1. The molecule has 2 atom stereocenters. The molecule has 2 rings (SSSR count). The summed E-state index contributed by atoms with van der Waals surface area (Å²) in [5.74, 6) is -0.104. The molecule has 0 saturated carbocycles. The van der Waals surface area contributed by atoms with Crippen LogP contribution >= 0.6 is 15.9 Å². The van der Waals surface area contributed by atoms with Gasteiger partial charge in [-0.1, -0.05) is 0 Å². The number of hydrogen-bond donors (Lipinski definition) is 1. The van der Waals surface area contributed by atoms with E-state index in [9.17, 15) is 4.79 Å². The Labute approximate surface area is 109 Å². The summed E-state index contributed by atoms with van der Waals surface area (Å²) < 4.78 is 6.26. The number of nitrogens with zero attached hydrogens (tertiary/aromatic N) is 1. The summed E-state index contributed by atoms with van der Waals surface area (Å²) in [5.41, 5.74) is 0.568. The van der Waals surface area contributed by atoms with Crippen molar-refractivity contribution in [2.45, 2.75) is 31.9 Å². The van der Waals surface area contributed by atoms with E-state index in [-0.39, 0.29) is 18.1 Å². The van der Waals surface area contributed by atoms with Crippen LogP contribution < -0.4 is 5.32 Å². The predicted molar refractivity (Wildman–Crippen MR) is 67.8 cm³/mol. The monoisotopic (exact) mass is 298 g/mol. The molecule has 4 nitrogen and oxygen atoms in total. The van der Waals surface area contributed by atoms with Gasteiger partial charge in [-0.15, -0.1) is 0 Å². The Morgan fingerprint density at radius 2 is 2.47 bits per heavy atom. The van der Waals surface area contributed by atoms with Crippen LogP contribution in [0, 0.1) is 0 Å². The number of pyridine rings is 1. The molecular weight excluding hydrogens is 284 g/mol. The Kier molecular flexibility index (Phi) is 4.12. The molecule has 1 N–H and O–H groups in total. The van der Waals surface area contributed by atoms with E-state index in [1.807, 2.05) is 6.92 Å². The van der Waals surface area contributed by atoms with E-state index in [4.69, 9.17) is 4.74 Å². The first-order valence-corrected chi connectivity index (χ1v) is 6.50. The third-order valence-corrected chi connectivity index (χ3v) is 3.34. The number of nitrogens with one attached hydrogen (secondary N) is 1. The highest BCUT2D eigenvalue weighted by molar-refractivity contribution is 9.10. The highest BCUT2D eigenvalue weighted by Gasteiger charge is 2.23. The zero-order valence-electron chi connectivity index (χ0n) is 9.65. The van der Waals surface area contributed by atoms with Gasteiger partial charge >= 0.3 is 0 Å². The Morgan fingerprint density at radius 1 is 1.65 bits per heavy atom. The molecule has 1 fully saturated rings. The van der Waals surface area contributed by atoms with Crippen LogP contribution in [0.1, 0.15) is 30.1 Å². The average Bonchev–Trinajstić information content (AvgIpc) is 2.83. The Balaban J connectivity index is 1.94. The van der Waals surface area contributed by atoms with Crippen LogP contribution in [-0.2, 0) is 4.74 Å². The molecule has 1 amide bonds. The largest absolute Gasteiger partial charge is 0.376 e. The molecule has 1 aliphatic rings. The minimum Gasteiger partial charge on any atom is -0.376 e. The number of rotatable bonds is 3. The Hall–Kier alpha value is -0.940. The molecule has 2 heterocycles. The maximum absolute atomic E-state index is 11.9. The van der Waals surface area contributed by atoms with Gasteiger partial charge in [0.1, 0.15) is 4.60 Å². The lowest BCUT2D eigenvalue weighted by Crippen LogP contribution is -2.40. The van der Waals surface area contributed by atoms with Crippen molar-refractivity contribution in [1.82, 2.24) is 10.3 Å². The van der Waals surface area contributed by atoms with Gasteiger partial charge in [0.05, 0.1) is 17.7 Å². The Morgan fingerprint density at radius 3 is 3.06 bits per heavy atom. The molecule has 0 aliphatic carbocycles. The highest BCUT2D eigenvalue weighted by Crippen LogP contribution is 2.15. The summed E-state index contributed by atoms with van der Waals surface area (Å²) >= 11 is 3.24. The lowest BCUT2D eigenvalue weighted by Gasteiger charge is -2.19. The molecular formula is C12H15BrN2O2. The number of carbonyl (C=O) groups is 1. The van der Waals surface area contributed by atoms with Crippen molar-refractivity contribution in [2.24, 2.45) is 0 Å². The van der Waals surface area contributed by atoms with Crippen molar-refractivity contribution in [2.75, 3.05) is 6.61 Å². The molecule has 1 saturated heterocycles. The quantitative estimate of drug-likeness (QED) is 0.870. The van der Waals surface area contributed by atoms with Gasteiger partial charge in [0.2, 0.25) is 0 Å². The topological polar surface area (TPSA) is 51.2 Å². The summed E-state index contributed by atoms with van der Waals surface area (Å²) in [4.78, 5) is 15.9. The second kappa shape index (κ2) is 5.60. The molecule has 17 heavy (non-hydrogen) atoms. The van der Waals surface area contributed by atoms with Crippen LogP contribution in [-0.4, -0.2) is 29.6 Å². The average molecular weight is 299 g/mol. The van der Waals surface area contributed by atoms with Gasteiger partial charge in [-0.05, 0) is 47.8 Å². The number of amides is 1. The van der Waals surface area contributed by atoms with Crippen LogP contribution in [0.4, 0.5) is 0 Å². The zero-order chi connectivity index (χ0) is 12.3. The van der Waals surface area contributed by atoms with Gasteiger partial charge in [-0.25, -0.2) is 4.98 Å². The smallest absolute Gasteiger partial charge is 0.253 e. The molecule has 1 aliphatic heterocycles. The normalized spacial score (nSPS) is 21.2. The second-order valence-corrected chi connectivity index (χ2v) is 5.00. The fourth-order valence-corrected chi connectivity index (χ4v) is 2.12.